The van der Waals surface area contributed by atoms with Crippen LogP contribution >= 0.6 is 0 Å². The van der Waals surface area contributed by atoms with Crippen molar-refractivity contribution in [2.45, 2.75) is 59.5 Å². The first-order chi connectivity index (χ1) is 7.41. The molecule has 0 aromatic rings. The lowest BCUT2D eigenvalue weighted by atomic mass is 9.73. The van der Waals surface area contributed by atoms with Gasteiger partial charge in [0.25, 0.3) is 0 Å². The zero-order chi connectivity index (χ0) is 12.2. The lowest BCUT2D eigenvalue weighted by molar-refractivity contribution is 0.218. The second-order valence-electron chi connectivity index (χ2n) is 6.30. The Balaban J connectivity index is 2.66. The fourth-order valence-electron chi connectivity index (χ4n) is 2.55. The van der Waals surface area contributed by atoms with Gasteiger partial charge in [-0.05, 0) is 37.3 Å². The Hall–Kier alpha value is -0.423. The van der Waals surface area contributed by atoms with E-state index in [9.17, 15) is 0 Å². The summed E-state index contributed by atoms with van der Waals surface area (Å²) in [5.74, 6) is 4.69. The van der Waals surface area contributed by atoms with Crippen LogP contribution in [0.3, 0.4) is 0 Å². The molecule has 2 heteroatoms. The summed E-state index contributed by atoms with van der Waals surface area (Å²) in [4.78, 5) is 0. The van der Waals surface area contributed by atoms with Gasteiger partial charge in [-0.25, -0.2) is 0 Å². The smallest absolute Gasteiger partial charge is 0.244 e. The molecule has 1 aliphatic carbocycles. The molecular formula is C14H26OSi. The third-order valence-corrected chi connectivity index (χ3v) is 3.90. The van der Waals surface area contributed by atoms with E-state index in [-0.39, 0.29) is 5.41 Å². The predicted octanol–water partition coefficient (Wildman–Crippen LogP) is 3.80. The molecule has 1 atom stereocenters. The monoisotopic (exact) mass is 238 g/mol. The van der Waals surface area contributed by atoms with Crippen LogP contribution in [0.25, 0.3) is 0 Å². The number of rotatable bonds is 2. The van der Waals surface area contributed by atoms with Gasteiger partial charge in [-0.15, -0.1) is 0 Å². The van der Waals surface area contributed by atoms with Crippen LogP contribution in [0, 0.1) is 29.3 Å². The molecule has 0 radical (unpaired) electrons. The lowest BCUT2D eigenvalue weighted by Gasteiger charge is -2.31. The first-order valence-electron chi connectivity index (χ1n) is 6.57. The maximum Gasteiger partial charge on any atom is 0.244 e. The minimum Gasteiger partial charge on any atom is -0.505 e. The predicted molar refractivity (Wildman–Crippen MR) is 72.6 cm³/mol. The van der Waals surface area contributed by atoms with Crippen molar-refractivity contribution in [3.05, 3.63) is 0 Å². The third kappa shape index (κ3) is 4.21. The van der Waals surface area contributed by atoms with Gasteiger partial charge in [-0.1, -0.05) is 39.5 Å². The highest BCUT2D eigenvalue weighted by atomic mass is 28.3. The molecule has 0 amide bonds. The molecule has 0 N–H and O–H groups in total. The molecule has 0 aromatic heterocycles. The van der Waals surface area contributed by atoms with Gasteiger partial charge in [0.2, 0.25) is 9.04 Å². The minimum absolute atomic E-state index is 0.282. The molecule has 1 nitrogen and oxygen atoms in total. The van der Waals surface area contributed by atoms with Gasteiger partial charge in [0.1, 0.15) is 0 Å². The lowest BCUT2D eigenvalue weighted by Crippen LogP contribution is -2.25. The Labute approximate surface area is 103 Å². The van der Waals surface area contributed by atoms with Crippen molar-refractivity contribution < 1.29 is 4.43 Å². The van der Waals surface area contributed by atoms with Gasteiger partial charge < -0.3 is 4.43 Å². The molecule has 1 rings (SSSR count). The zero-order valence-corrected chi connectivity index (χ0v) is 12.6. The maximum absolute atomic E-state index is 5.50. The summed E-state index contributed by atoms with van der Waals surface area (Å²) in [6, 6.07) is 0. The highest BCUT2D eigenvalue weighted by molar-refractivity contribution is 6.48. The van der Waals surface area contributed by atoms with Crippen molar-refractivity contribution in [1.82, 2.24) is 0 Å². The molecule has 0 bridgehead atoms. The molecule has 16 heavy (non-hydrogen) atoms. The molecule has 0 aromatic carbocycles. The molecule has 0 aliphatic heterocycles. The van der Waals surface area contributed by atoms with Gasteiger partial charge in [0.15, 0.2) is 0 Å². The van der Waals surface area contributed by atoms with E-state index in [0.717, 1.165) is 5.92 Å². The van der Waals surface area contributed by atoms with Crippen molar-refractivity contribution >= 4 is 9.04 Å². The Morgan fingerprint density at radius 1 is 1.19 bits per heavy atom. The van der Waals surface area contributed by atoms with E-state index in [1.54, 1.807) is 0 Å². The zero-order valence-electron chi connectivity index (χ0n) is 11.5. The van der Waals surface area contributed by atoms with Crippen LogP contribution in [0.2, 0.25) is 13.1 Å². The van der Waals surface area contributed by atoms with Crippen LogP contribution in [0.4, 0.5) is 0 Å². The van der Waals surface area contributed by atoms with Gasteiger partial charge in [0, 0.05) is 5.92 Å². The number of hydrogen-bond acceptors (Lipinski definition) is 1. The Morgan fingerprint density at radius 2 is 1.75 bits per heavy atom. The fraction of sp³-hybridized carbons (Fsp3) is 0.857. The maximum atomic E-state index is 5.50. The largest absolute Gasteiger partial charge is 0.505 e. The quantitative estimate of drug-likeness (QED) is 0.525. The molecule has 92 valence electrons. The van der Waals surface area contributed by atoms with E-state index in [2.05, 4.69) is 45.9 Å². The molecular weight excluding hydrogens is 212 g/mol. The molecule has 1 saturated carbocycles. The molecule has 0 spiro atoms. The van der Waals surface area contributed by atoms with Crippen molar-refractivity contribution in [3.63, 3.8) is 0 Å². The Bertz CT molecular complexity index is 261. The van der Waals surface area contributed by atoms with E-state index in [0.29, 0.717) is 5.92 Å². The first-order valence-corrected chi connectivity index (χ1v) is 9.35. The van der Waals surface area contributed by atoms with Crippen molar-refractivity contribution in [2.75, 3.05) is 0 Å². The second-order valence-corrected chi connectivity index (χ2v) is 8.63. The average Bonchev–Trinajstić information content (AvgIpc) is 2.62. The molecule has 0 saturated heterocycles. The summed E-state index contributed by atoms with van der Waals surface area (Å²) < 4.78 is 5.50. The molecule has 1 fully saturated rings. The molecule has 0 unspecified atom stereocenters. The van der Waals surface area contributed by atoms with Crippen molar-refractivity contribution in [1.29, 1.82) is 0 Å². The van der Waals surface area contributed by atoms with E-state index in [1.807, 2.05) is 0 Å². The van der Waals surface area contributed by atoms with Crippen LogP contribution in [0.15, 0.2) is 0 Å². The van der Waals surface area contributed by atoms with Crippen LogP contribution in [0.1, 0.15) is 46.5 Å². The Morgan fingerprint density at radius 3 is 2.19 bits per heavy atom. The summed E-state index contributed by atoms with van der Waals surface area (Å²) in [5.41, 5.74) is 0.282. The van der Waals surface area contributed by atoms with E-state index >= 15 is 0 Å². The van der Waals surface area contributed by atoms with Gasteiger partial charge in [-0.3, -0.25) is 0 Å². The molecule has 1 aliphatic rings. The van der Waals surface area contributed by atoms with E-state index in [4.69, 9.17) is 4.43 Å². The SMILES string of the molecule is C[SiH](C)OC#C[C@@H](C1CCCC1)C(C)(C)C. The van der Waals surface area contributed by atoms with Gasteiger partial charge in [0.05, 0.1) is 6.11 Å². The van der Waals surface area contributed by atoms with Crippen molar-refractivity contribution in [2.24, 2.45) is 17.3 Å². The average molecular weight is 238 g/mol. The fourth-order valence-corrected chi connectivity index (χ4v) is 2.85. The summed E-state index contributed by atoms with van der Waals surface area (Å²) >= 11 is 0. The summed E-state index contributed by atoms with van der Waals surface area (Å²) in [5, 5.41) is 0. The normalized spacial score (nSPS) is 19.4. The third-order valence-electron chi connectivity index (χ3n) is 3.31. The summed E-state index contributed by atoms with van der Waals surface area (Å²) in [7, 11) is -0.991. The number of hydrogen-bond donors (Lipinski definition) is 0. The second kappa shape index (κ2) is 5.77. The van der Waals surface area contributed by atoms with Gasteiger partial charge >= 0.3 is 0 Å². The van der Waals surface area contributed by atoms with E-state index in [1.165, 1.54) is 25.7 Å². The minimum atomic E-state index is -0.991. The van der Waals surface area contributed by atoms with Crippen molar-refractivity contribution in [3.8, 4) is 12.0 Å². The summed E-state index contributed by atoms with van der Waals surface area (Å²) in [6.45, 7) is 11.2. The standard InChI is InChI=1S/C14H26OSi/c1-14(2,3)13(10-11-15-16(4)5)12-8-6-7-9-12/h12-13,16H,6-9H2,1-5H3/t13-/m0/s1. The van der Waals surface area contributed by atoms with Gasteiger partial charge in [-0.2, -0.15) is 0 Å². The topological polar surface area (TPSA) is 9.23 Å². The first kappa shape index (κ1) is 13.6. The highest BCUT2D eigenvalue weighted by Gasteiger charge is 2.32. The van der Waals surface area contributed by atoms with Crippen LogP contribution in [-0.2, 0) is 4.43 Å². The van der Waals surface area contributed by atoms with Crippen LogP contribution in [-0.4, -0.2) is 9.04 Å². The van der Waals surface area contributed by atoms with Crippen LogP contribution < -0.4 is 0 Å². The highest BCUT2D eigenvalue weighted by Crippen LogP contribution is 2.40. The van der Waals surface area contributed by atoms with E-state index < -0.39 is 9.04 Å². The molecule has 0 heterocycles. The Kier molecular flexibility index (Phi) is 4.92. The van der Waals surface area contributed by atoms with Crippen LogP contribution in [0.5, 0.6) is 0 Å². The summed E-state index contributed by atoms with van der Waals surface area (Å²) in [6.07, 6.45) is 8.47.